The topological polar surface area (TPSA) is 12.0 Å². The Bertz CT molecular complexity index is 308. The maximum Gasteiger partial charge on any atom is 0.128 e. The molecule has 1 fully saturated rings. The summed E-state index contributed by atoms with van der Waals surface area (Å²) < 4.78 is 14.3. The normalized spacial score (nSPS) is 22.2. The molecule has 0 saturated carbocycles. The third-order valence-electron chi connectivity index (χ3n) is 2.39. The molecule has 70 valence electrons. The molecule has 1 atom stereocenters. The first-order valence-corrected chi connectivity index (χ1v) is 5.25. The van der Waals surface area contributed by atoms with Gasteiger partial charge in [-0.15, -0.1) is 0 Å². The van der Waals surface area contributed by atoms with Crippen LogP contribution in [0.15, 0.2) is 22.7 Å². The van der Waals surface area contributed by atoms with Gasteiger partial charge in [0.25, 0.3) is 0 Å². The van der Waals surface area contributed by atoms with Gasteiger partial charge in [-0.1, -0.05) is 15.9 Å². The van der Waals surface area contributed by atoms with Crippen molar-refractivity contribution >= 4 is 15.9 Å². The van der Waals surface area contributed by atoms with Gasteiger partial charge in [-0.25, -0.2) is 4.39 Å². The number of nitrogens with one attached hydrogen (secondary N) is 1. The van der Waals surface area contributed by atoms with Crippen LogP contribution < -0.4 is 5.32 Å². The highest BCUT2D eigenvalue weighted by Crippen LogP contribution is 2.27. The SMILES string of the molecule is Fc1ccc(Br)cc1C1CCCN1. The molecular formula is C10H11BrFN. The molecule has 0 amide bonds. The van der Waals surface area contributed by atoms with Crippen LogP contribution in [0.1, 0.15) is 24.4 Å². The number of hydrogen-bond donors (Lipinski definition) is 1. The molecule has 0 aromatic heterocycles. The lowest BCUT2D eigenvalue weighted by Crippen LogP contribution is -2.14. The van der Waals surface area contributed by atoms with Gasteiger partial charge in [-0.2, -0.15) is 0 Å². The van der Waals surface area contributed by atoms with Gasteiger partial charge in [0, 0.05) is 16.1 Å². The van der Waals surface area contributed by atoms with Crippen molar-refractivity contribution < 1.29 is 4.39 Å². The minimum Gasteiger partial charge on any atom is -0.310 e. The predicted molar refractivity (Wildman–Crippen MR) is 54.1 cm³/mol. The number of hydrogen-bond acceptors (Lipinski definition) is 1. The smallest absolute Gasteiger partial charge is 0.128 e. The second kappa shape index (κ2) is 3.76. The van der Waals surface area contributed by atoms with Crippen LogP contribution in [0.4, 0.5) is 4.39 Å². The lowest BCUT2D eigenvalue weighted by molar-refractivity contribution is 0.558. The molecule has 2 rings (SSSR count). The average Bonchev–Trinajstić information content (AvgIpc) is 2.61. The van der Waals surface area contributed by atoms with Crippen LogP contribution in [0, 0.1) is 5.82 Å². The molecule has 1 N–H and O–H groups in total. The highest BCUT2D eigenvalue weighted by molar-refractivity contribution is 9.10. The first kappa shape index (κ1) is 9.16. The van der Waals surface area contributed by atoms with Gasteiger partial charge in [-0.3, -0.25) is 0 Å². The second-order valence-electron chi connectivity index (χ2n) is 3.31. The lowest BCUT2D eigenvalue weighted by atomic mass is 10.1. The van der Waals surface area contributed by atoms with E-state index in [0.29, 0.717) is 0 Å². The van der Waals surface area contributed by atoms with Gasteiger partial charge in [0.15, 0.2) is 0 Å². The van der Waals surface area contributed by atoms with Crippen molar-refractivity contribution in [1.82, 2.24) is 5.32 Å². The van der Waals surface area contributed by atoms with Crippen molar-refractivity contribution in [3.05, 3.63) is 34.1 Å². The predicted octanol–water partition coefficient (Wildman–Crippen LogP) is 3.01. The molecule has 0 radical (unpaired) electrons. The van der Waals surface area contributed by atoms with Crippen molar-refractivity contribution in [2.45, 2.75) is 18.9 Å². The minimum absolute atomic E-state index is 0.109. The lowest BCUT2D eigenvalue weighted by Gasteiger charge is -2.11. The molecule has 1 unspecified atom stereocenters. The van der Waals surface area contributed by atoms with Crippen LogP contribution in [-0.2, 0) is 0 Å². The van der Waals surface area contributed by atoms with Crippen molar-refractivity contribution in [3.8, 4) is 0 Å². The van der Waals surface area contributed by atoms with E-state index >= 15 is 0 Å². The maximum absolute atomic E-state index is 13.4. The van der Waals surface area contributed by atoms with E-state index in [1.807, 2.05) is 6.07 Å². The molecule has 1 aliphatic heterocycles. The van der Waals surface area contributed by atoms with E-state index in [1.54, 1.807) is 6.07 Å². The summed E-state index contributed by atoms with van der Waals surface area (Å²) in [6, 6.07) is 5.31. The average molecular weight is 244 g/mol. The molecule has 0 bridgehead atoms. The van der Waals surface area contributed by atoms with Crippen LogP contribution >= 0.6 is 15.9 Å². The summed E-state index contributed by atoms with van der Waals surface area (Å²) >= 11 is 3.35. The zero-order valence-corrected chi connectivity index (χ0v) is 8.77. The summed E-state index contributed by atoms with van der Waals surface area (Å²) in [5.74, 6) is -0.109. The molecule has 1 aromatic carbocycles. The first-order chi connectivity index (χ1) is 6.27. The summed E-state index contributed by atoms with van der Waals surface area (Å²) in [5, 5.41) is 3.28. The van der Waals surface area contributed by atoms with Crippen molar-refractivity contribution in [3.63, 3.8) is 0 Å². The second-order valence-corrected chi connectivity index (χ2v) is 4.23. The Morgan fingerprint density at radius 3 is 3.00 bits per heavy atom. The maximum atomic E-state index is 13.4. The van der Waals surface area contributed by atoms with E-state index in [1.165, 1.54) is 6.07 Å². The minimum atomic E-state index is -0.109. The van der Waals surface area contributed by atoms with Crippen molar-refractivity contribution in [1.29, 1.82) is 0 Å². The van der Waals surface area contributed by atoms with E-state index in [4.69, 9.17) is 0 Å². The highest BCUT2D eigenvalue weighted by Gasteiger charge is 2.19. The molecule has 1 saturated heterocycles. The van der Waals surface area contributed by atoms with Crippen LogP contribution in [0.5, 0.6) is 0 Å². The van der Waals surface area contributed by atoms with Crippen molar-refractivity contribution in [2.24, 2.45) is 0 Å². The Morgan fingerprint density at radius 2 is 2.31 bits per heavy atom. The van der Waals surface area contributed by atoms with E-state index in [-0.39, 0.29) is 11.9 Å². The zero-order valence-electron chi connectivity index (χ0n) is 7.19. The molecule has 1 nitrogen and oxygen atoms in total. The van der Waals surface area contributed by atoms with Gasteiger partial charge in [0.05, 0.1) is 0 Å². The van der Waals surface area contributed by atoms with E-state index in [9.17, 15) is 4.39 Å². The molecular weight excluding hydrogens is 233 g/mol. The van der Waals surface area contributed by atoms with E-state index in [0.717, 1.165) is 29.4 Å². The Hall–Kier alpha value is -0.410. The fraction of sp³-hybridized carbons (Fsp3) is 0.400. The van der Waals surface area contributed by atoms with Gasteiger partial charge in [0.2, 0.25) is 0 Å². The third kappa shape index (κ3) is 1.92. The largest absolute Gasteiger partial charge is 0.310 e. The molecule has 1 heterocycles. The Morgan fingerprint density at radius 1 is 1.46 bits per heavy atom. The van der Waals surface area contributed by atoms with Crippen LogP contribution in [0.3, 0.4) is 0 Å². The number of rotatable bonds is 1. The van der Waals surface area contributed by atoms with Crippen LogP contribution in [0.25, 0.3) is 0 Å². The highest BCUT2D eigenvalue weighted by atomic mass is 79.9. The Kier molecular flexibility index (Phi) is 2.65. The molecule has 1 aliphatic rings. The van der Waals surface area contributed by atoms with E-state index in [2.05, 4.69) is 21.2 Å². The monoisotopic (exact) mass is 243 g/mol. The summed E-state index contributed by atoms with van der Waals surface area (Å²) in [4.78, 5) is 0. The fourth-order valence-electron chi connectivity index (χ4n) is 1.73. The fourth-order valence-corrected chi connectivity index (χ4v) is 2.11. The number of benzene rings is 1. The zero-order chi connectivity index (χ0) is 9.26. The number of halogens is 2. The quantitative estimate of drug-likeness (QED) is 0.800. The summed E-state index contributed by atoms with van der Waals surface area (Å²) in [6.07, 6.45) is 2.17. The van der Waals surface area contributed by atoms with Gasteiger partial charge in [-0.05, 0) is 37.6 Å². The summed E-state index contributed by atoms with van der Waals surface area (Å²) in [7, 11) is 0. The van der Waals surface area contributed by atoms with Gasteiger partial charge in [0.1, 0.15) is 5.82 Å². The van der Waals surface area contributed by atoms with Crippen LogP contribution in [-0.4, -0.2) is 6.54 Å². The Balaban J connectivity index is 2.32. The van der Waals surface area contributed by atoms with Gasteiger partial charge < -0.3 is 5.32 Å². The standard InChI is InChI=1S/C10H11BrFN/c11-7-3-4-9(12)8(6-7)10-2-1-5-13-10/h3-4,6,10,13H,1-2,5H2. The molecule has 3 heteroatoms. The molecule has 0 spiro atoms. The van der Waals surface area contributed by atoms with E-state index < -0.39 is 0 Å². The molecule has 13 heavy (non-hydrogen) atoms. The molecule has 0 aliphatic carbocycles. The third-order valence-corrected chi connectivity index (χ3v) is 2.89. The van der Waals surface area contributed by atoms with Crippen LogP contribution in [0.2, 0.25) is 0 Å². The summed E-state index contributed by atoms with van der Waals surface area (Å²) in [5.41, 5.74) is 0.784. The van der Waals surface area contributed by atoms with Gasteiger partial charge >= 0.3 is 0 Å². The van der Waals surface area contributed by atoms with Crippen molar-refractivity contribution in [2.75, 3.05) is 6.54 Å². The molecule has 1 aromatic rings. The first-order valence-electron chi connectivity index (χ1n) is 4.46. The summed E-state index contributed by atoms with van der Waals surface area (Å²) in [6.45, 7) is 0.997. The Labute approximate surface area is 85.5 Å².